The molecule has 0 bridgehead atoms. The van der Waals surface area contributed by atoms with Gasteiger partial charge in [-0.15, -0.1) is 0 Å². The number of aryl methyl sites for hydroxylation is 2. The zero-order valence-electron chi connectivity index (χ0n) is 13.8. The highest BCUT2D eigenvalue weighted by atomic mass is 19.1. The van der Waals surface area contributed by atoms with Crippen LogP contribution in [0.1, 0.15) is 34.0 Å². The number of carbonyl (C=O) groups is 1. The summed E-state index contributed by atoms with van der Waals surface area (Å²) >= 11 is 0. The van der Waals surface area contributed by atoms with Gasteiger partial charge in [-0.05, 0) is 44.0 Å². The first-order valence-electron chi connectivity index (χ1n) is 7.93. The molecule has 1 unspecified atom stereocenters. The fourth-order valence-electron chi connectivity index (χ4n) is 3.05. The number of aromatic nitrogens is 2. The predicted molar refractivity (Wildman–Crippen MR) is 87.4 cm³/mol. The molecule has 1 saturated heterocycles. The largest absolute Gasteiger partial charge is 0.380 e. The van der Waals surface area contributed by atoms with Crippen molar-refractivity contribution >= 4 is 5.91 Å². The van der Waals surface area contributed by atoms with Crippen LogP contribution in [0.25, 0.3) is 0 Å². The molecule has 5 nitrogen and oxygen atoms in total. The van der Waals surface area contributed by atoms with E-state index >= 15 is 0 Å². The van der Waals surface area contributed by atoms with Gasteiger partial charge >= 0.3 is 0 Å². The van der Waals surface area contributed by atoms with Gasteiger partial charge in [0.15, 0.2) is 0 Å². The van der Waals surface area contributed by atoms with Crippen molar-refractivity contribution in [2.75, 3.05) is 19.8 Å². The van der Waals surface area contributed by atoms with E-state index in [1.165, 1.54) is 12.1 Å². The summed E-state index contributed by atoms with van der Waals surface area (Å²) in [7, 11) is 0. The van der Waals surface area contributed by atoms with Gasteiger partial charge in [0.05, 0.1) is 6.61 Å². The number of hydrogen-bond donors (Lipinski definition) is 1. The average molecular weight is 329 g/mol. The van der Waals surface area contributed by atoms with Crippen molar-refractivity contribution in [2.24, 2.45) is 0 Å². The second-order valence-electron chi connectivity index (χ2n) is 6.21. The van der Waals surface area contributed by atoms with Crippen LogP contribution in [0.4, 0.5) is 4.39 Å². The summed E-state index contributed by atoms with van der Waals surface area (Å²) in [6.45, 7) is 5.13. The minimum atomic E-state index is -0.333. The van der Waals surface area contributed by atoms with Gasteiger partial charge in [0.1, 0.15) is 17.3 Å². The van der Waals surface area contributed by atoms with Crippen LogP contribution in [-0.2, 0) is 10.2 Å². The highest BCUT2D eigenvalue weighted by Crippen LogP contribution is 2.32. The molecule has 0 aliphatic carbocycles. The Labute approximate surface area is 140 Å². The quantitative estimate of drug-likeness (QED) is 0.935. The fraction of sp³-hybridized carbons (Fsp3) is 0.389. The lowest BCUT2D eigenvalue weighted by molar-refractivity contribution is 0.0933. The van der Waals surface area contributed by atoms with E-state index in [4.69, 9.17) is 4.74 Å². The highest BCUT2D eigenvalue weighted by molar-refractivity contribution is 5.92. The first kappa shape index (κ1) is 16.5. The van der Waals surface area contributed by atoms with Gasteiger partial charge < -0.3 is 10.1 Å². The first-order chi connectivity index (χ1) is 11.5. The van der Waals surface area contributed by atoms with Crippen molar-refractivity contribution in [2.45, 2.75) is 25.7 Å². The third-order valence-electron chi connectivity index (χ3n) is 4.35. The van der Waals surface area contributed by atoms with Crippen LogP contribution in [-0.4, -0.2) is 35.6 Å². The molecule has 0 radical (unpaired) electrons. The highest BCUT2D eigenvalue weighted by Gasteiger charge is 2.37. The molecule has 1 aliphatic rings. The molecule has 1 amide bonds. The Bertz CT molecular complexity index is 720. The van der Waals surface area contributed by atoms with E-state index in [0.717, 1.165) is 17.7 Å². The Kier molecular flexibility index (Phi) is 4.57. The number of carbonyl (C=O) groups excluding carboxylic acids is 1. The number of nitrogens with zero attached hydrogens (tertiary/aromatic N) is 2. The lowest BCUT2D eigenvalue weighted by Crippen LogP contribution is -2.41. The van der Waals surface area contributed by atoms with Crippen LogP contribution in [0, 0.1) is 19.7 Å². The molecule has 1 aromatic heterocycles. The molecule has 1 N–H and O–H groups in total. The number of amides is 1. The molecule has 6 heteroatoms. The second kappa shape index (κ2) is 6.65. The smallest absolute Gasteiger partial charge is 0.270 e. The molecule has 126 valence electrons. The van der Waals surface area contributed by atoms with Crippen LogP contribution < -0.4 is 5.32 Å². The van der Waals surface area contributed by atoms with E-state index in [1.54, 1.807) is 25.1 Å². The predicted octanol–water partition coefficient (Wildman–Crippen LogP) is 2.32. The molecule has 0 spiro atoms. The van der Waals surface area contributed by atoms with E-state index < -0.39 is 0 Å². The van der Waals surface area contributed by atoms with Crippen molar-refractivity contribution in [3.05, 3.63) is 58.9 Å². The maximum absolute atomic E-state index is 13.2. The summed E-state index contributed by atoms with van der Waals surface area (Å²) in [5.74, 6) is 0.0540. The van der Waals surface area contributed by atoms with E-state index in [0.29, 0.717) is 31.3 Å². The topological polar surface area (TPSA) is 64.1 Å². The summed E-state index contributed by atoms with van der Waals surface area (Å²) in [6, 6.07) is 8.06. The fourth-order valence-corrected chi connectivity index (χ4v) is 3.05. The van der Waals surface area contributed by atoms with Crippen LogP contribution in [0.5, 0.6) is 0 Å². The van der Waals surface area contributed by atoms with E-state index in [2.05, 4.69) is 15.3 Å². The number of nitrogens with one attached hydrogen (secondary N) is 1. The summed E-state index contributed by atoms with van der Waals surface area (Å²) in [6.07, 6.45) is 0.779. The van der Waals surface area contributed by atoms with Crippen molar-refractivity contribution in [1.29, 1.82) is 0 Å². The molecule has 1 atom stereocenters. The third-order valence-corrected chi connectivity index (χ3v) is 4.35. The number of halogens is 1. The monoisotopic (exact) mass is 329 g/mol. The Hall–Kier alpha value is -2.34. The second-order valence-corrected chi connectivity index (χ2v) is 6.21. The Morgan fingerprint density at radius 2 is 2.04 bits per heavy atom. The number of rotatable bonds is 4. The molecular weight excluding hydrogens is 309 g/mol. The summed E-state index contributed by atoms with van der Waals surface area (Å²) < 4.78 is 18.7. The Morgan fingerprint density at radius 1 is 1.29 bits per heavy atom. The van der Waals surface area contributed by atoms with Crippen LogP contribution in [0.3, 0.4) is 0 Å². The van der Waals surface area contributed by atoms with Crippen molar-refractivity contribution < 1.29 is 13.9 Å². The van der Waals surface area contributed by atoms with Gasteiger partial charge in [-0.3, -0.25) is 4.79 Å². The number of benzene rings is 1. The van der Waals surface area contributed by atoms with Crippen molar-refractivity contribution in [3.63, 3.8) is 0 Å². The molecule has 2 heterocycles. The van der Waals surface area contributed by atoms with Gasteiger partial charge in [0.2, 0.25) is 0 Å². The van der Waals surface area contributed by atoms with Crippen LogP contribution in [0.2, 0.25) is 0 Å². The number of hydrogen-bond acceptors (Lipinski definition) is 4. The molecule has 2 aromatic rings. The SMILES string of the molecule is Cc1cc(C(=O)NCC2(c3ccc(F)cc3)CCOC2)nc(C)n1. The normalized spacial score (nSPS) is 20.1. The third kappa shape index (κ3) is 3.43. The zero-order valence-corrected chi connectivity index (χ0v) is 13.8. The standard InChI is InChI=1S/C18H20FN3O2/c1-12-9-16(22-13(2)21-12)17(23)20-10-18(7-8-24-11-18)14-3-5-15(19)6-4-14/h3-6,9H,7-8,10-11H2,1-2H3,(H,20,23). The molecule has 0 saturated carbocycles. The molecule has 1 fully saturated rings. The van der Waals surface area contributed by atoms with Gasteiger partial charge in [-0.1, -0.05) is 12.1 Å². The lowest BCUT2D eigenvalue weighted by Gasteiger charge is -2.28. The van der Waals surface area contributed by atoms with Crippen LogP contribution in [0.15, 0.2) is 30.3 Å². The van der Waals surface area contributed by atoms with Gasteiger partial charge in [-0.25, -0.2) is 14.4 Å². The maximum atomic E-state index is 13.2. The molecule has 1 aromatic carbocycles. The number of ether oxygens (including phenoxy) is 1. The lowest BCUT2D eigenvalue weighted by atomic mass is 9.79. The van der Waals surface area contributed by atoms with E-state index in [-0.39, 0.29) is 17.1 Å². The van der Waals surface area contributed by atoms with Gasteiger partial charge in [-0.2, -0.15) is 0 Å². The molecule has 3 rings (SSSR count). The van der Waals surface area contributed by atoms with Gasteiger partial charge in [0, 0.05) is 24.3 Å². The summed E-state index contributed by atoms with van der Waals surface area (Å²) in [4.78, 5) is 20.8. The Morgan fingerprint density at radius 3 is 2.67 bits per heavy atom. The minimum Gasteiger partial charge on any atom is -0.380 e. The van der Waals surface area contributed by atoms with Crippen molar-refractivity contribution in [3.8, 4) is 0 Å². The Balaban J connectivity index is 1.77. The van der Waals surface area contributed by atoms with E-state index in [9.17, 15) is 9.18 Å². The van der Waals surface area contributed by atoms with Gasteiger partial charge in [0.25, 0.3) is 5.91 Å². The average Bonchev–Trinajstić information content (AvgIpc) is 3.02. The molecular formula is C18H20FN3O2. The zero-order chi connectivity index (χ0) is 17.2. The summed E-state index contributed by atoms with van der Waals surface area (Å²) in [5, 5.41) is 2.95. The van der Waals surface area contributed by atoms with Crippen molar-refractivity contribution in [1.82, 2.24) is 15.3 Å². The van der Waals surface area contributed by atoms with Crippen LogP contribution >= 0.6 is 0 Å². The maximum Gasteiger partial charge on any atom is 0.270 e. The molecule has 24 heavy (non-hydrogen) atoms. The summed E-state index contributed by atoms with van der Waals surface area (Å²) in [5.41, 5.74) is 1.75. The first-order valence-corrected chi connectivity index (χ1v) is 7.93. The molecule has 1 aliphatic heterocycles. The van der Waals surface area contributed by atoms with E-state index in [1.807, 2.05) is 6.92 Å². The minimum absolute atomic E-state index is 0.239.